The van der Waals surface area contributed by atoms with E-state index in [1.54, 1.807) is 12.1 Å². The normalized spacial score (nSPS) is 10.2. The summed E-state index contributed by atoms with van der Waals surface area (Å²) in [5, 5.41) is 0.107. The lowest BCUT2D eigenvalue weighted by Crippen LogP contribution is -2.06. The Morgan fingerprint density at radius 2 is 1.84 bits per heavy atom. The third-order valence-corrected chi connectivity index (χ3v) is 2.95. The molecule has 0 aliphatic heterocycles. The molecule has 0 atom stereocenters. The first kappa shape index (κ1) is 13.9. The van der Waals surface area contributed by atoms with Crippen molar-refractivity contribution >= 4 is 28.4 Å². The minimum Gasteiger partial charge on any atom is -0.484 e. The number of carbonyl (C=O) groups excluding carboxylic acids is 1. The smallest absolute Gasteiger partial charge is 0.259 e. The van der Waals surface area contributed by atoms with E-state index in [1.807, 2.05) is 36.4 Å². The molecular formula is C15H12Cl2O2. The van der Waals surface area contributed by atoms with Gasteiger partial charge in [0.1, 0.15) is 5.75 Å². The molecule has 4 heteroatoms. The maximum Gasteiger partial charge on any atom is 0.259 e. The number of hydrogen-bond acceptors (Lipinski definition) is 2. The Kier molecular flexibility index (Phi) is 4.83. The third-order valence-electron chi connectivity index (χ3n) is 2.60. The highest BCUT2D eigenvalue weighted by Crippen LogP contribution is 2.25. The Labute approximate surface area is 121 Å². The fourth-order valence-corrected chi connectivity index (χ4v) is 2.03. The highest BCUT2D eigenvalue weighted by molar-refractivity contribution is 6.63. The van der Waals surface area contributed by atoms with Crippen LogP contribution >= 0.6 is 23.2 Å². The second-order valence-corrected chi connectivity index (χ2v) is 4.92. The first-order chi connectivity index (χ1) is 9.15. The molecule has 2 aromatic rings. The molecule has 0 aromatic heterocycles. The topological polar surface area (TPSA) is 26.3 Å². The van der Waals surface area contributed by atoms with Crippen LogP contribution < -0.4 is 4.74 Å². The molecule has 0 bridgehead atoms. The van der Waals surface area contributed by atoms with Crippen LogP contribution in [0.15, 0.2) is 48.5 Å². The highest BCUT2D eigenvalue weighted by Gasteiger charge is 2.07. The van der Waals surface area contributed by atoms with E-state index in [4.69, 9.17) is 27.9 Å². The Bertz CT molecular complexity index is 568. The van der Waals surface area contributed by atoms with Gasteiger partial charge in [-0.2, -0.15) is 0 Å². The van der Waals surface area contributed by atoms with Gasteiger partial charge in [0, 0.05) is 11.4 Å². The molecular weight excluding hydrogens is 283 g/mol. The Balaban J connectivity index is 2.22. The number of halogens is 2. The van der Waals surface area contributed by atoms with E-state index >= 15 is 0 Å². The van der Waals surface area contributed by atoms with Gasteiger partial charge in [-0.3, -0.25) is 4.79 Å². The molecule has 0 amide bonds. The number of rotatable bonds is 5. The summed E-state index contributed by atoms with van der Waals surface area (Å²) in [6.45, 7) is -0.148. The molecule has 2 aromatic carbocycles. The predicted molar refractivity (Wildman–Crippen MR) is 77.1 cm³/mol. The molecule has 19 heavy (non-hydrogen) atoms. The van der Waals surface area contributed by atoms with Crippen molar-refractivity contribution in [3.63, 3.8) is 0 Å². The highest BCUT2D eigenvalue weighted by atomic mass is 35.5. The van der Waals surface area contributed by atoms with E-state index < -0.39 is 5.24 Å². The van der Waals surface area contributed by atoms with Crippen molar-refractivity contribution < 1.29 is 9.53 Å². The third kappa shape index (κ3) is 4.27. The quantitative estimate of drug-likeness (QED) is 0.777. The van der Waals surface area contributed by atoms with Crippen molar-refractivity contribution in [2.24, 2.45) is 0 Å². The molecule has 0 aliphatic carbocycles. The monoisotopic (exact) mass is 294 g/mol. The molecule has 0 saturated carbocycles. The van der Waals surface area contributed by atoms with Crippen LogP contribution in [0.3, 0.4) is 0 Å². The molecule has 0 heterocycles. The lowest BCUT2D eigenvalue weighted by molar-refractivity contribution is -0.113. The molecule has 0 N–H and O–H groups in total. The van der Waals surface area contributed by atoms with Gasteiger partial charge in [0.25, 0.3) is 5.24 Å². The van der Waals surface area contributed by atoms with Gasteiger partial charge < -0.3 is 4.74 Å². The molecule has 0 saturated heterocycles. The zero-order chi connectivity index (χ0) is 13.7. The standard InChI is InChI=1S/C15H12Cl2O2/c16-13-6-7-14(19-10-15(17)18)12(9-13)8-11-4-2-1-3-5-11/h1-7,9H,8,10H2. The first-order valence-corrected chi connectivity index (χ1v) is 6.54. The average Bonchev–Trinajstić information content (AvgIpc) is 2.39. The zero-order valence-electron chi connectivity index (χ0n) is 10.1. The summed E-state index contributed by atoms with van der Waals surface area (Å²) in [5.74, 6) is 0.627. The predicted octanol–water partition coefficient (Wildman–Crippen LogP) is 4.08. The van der Waals surface area contributed by atoms with Gasteiger partial charge in [0.05, 0.1) is 0 Å². The van der Waals surface area contributed by atoms with E-state index in [0.29, 0.717) is 17.2 Å². The Morgan fingerprint density at radius 1 is 1.11 bits per heavy atom. The van der Waals surface area contributed by atoms with E-state index in [9.17, 15) is 4.79 Å². The van der Waals surface area contributed by atoms with Crippen LogP contribution in [-0.2, 0) is 11.2 Å². The van der Waals surface area contributed by atoms with Gasteiger partial charge in [-0.15, -0.1) is 0 Å². The minimum absolute atomic E-state index is 0.148. The second-order valence-electron chi connectivity index (χ2n) is 4.06. The van der Waals surface area contributed by atoms with Gasteiger partial charge in [0.2, 0.25) is 0 Å². The van der Waals surface area contributed by atoms with Crippen molar-refractivity contribution in [2.45, 2.75) is 6.42 Å². The summed E-state index contributed by atoms with van der Waals surface area (Å²) >= 11 is 11.3. The molecule has 98 valence electrons. The molecule has 0 spiro atoms. The number of ether oxygens (including phenoxy) is 1. The number of hydrogen-bond donors (Lipinski definition) is 0. The Morgan fingerprint density at radius 3 is 2.53 bits per heavy atom. The molecule has 0 fully saturated rings. The van der Waals surface area contributed by atoms with Gasteiger partial charge in [-0.1, -0.05) is 41.9 Å². The summed E-state index contributed by atoms with van der Waals surface area (Å²) < 4.78 is 5.39. The molecule has 0 aliphatic rings. The van der Waals surface area contributed by atoms with Crippen LogP contribution in [0.25, 0.3) is 0 Å². The second kappa shape index (κ2) is 6.60. The van der Waals surface area contributed by atoms with Crippen molar-refractivity contribution in [3.05, 3.63) is 64.7 Å². The van der Waals surface area contributed by atoms with Crippen LogP contribution in [0.4, 0.5) is 0 Å². The lowest BCUT2D eigenvalue weighted by Gasteiger charge is -2.10. The largest absolute Gasteiger partial charge is 0.484 e. The Hall–Kier alpha value is -1.51. The molecule has 2 rings (SSSR count). The van der Waals surface area contributed by atoms with E-state index in [-0.39, 0.29) is 6.61 Å². The first-order valence-electron chi connectivity index (χ1n) is 5.78. The van der Waals surface area contributed by atoms with Crippen LogP contribution in [-0.4, -0.2) is 11.8 Å². The van der Waals surface area contributed by atoms with Gasteiger partial charge in [-0.05, 0) is 40.9 Å². The van der Waals surface area contributed by atoms with Crippen LogP contribution in [0.1, 0.15) is 11.1 Å². The zero-order valence-corrected chi connectivity index (χ0v) is 11.6. The average molecular weight is 295 g/mol. The van der Waals surface area contributed by atoms with Crippen molar-refractivity contribution in [1.29, 1.82) is 0 Å². The van der Waals surface area contributed by atoms with Crippen molar-refractivity contribution in [1.82, 2.24) is 0 Å². The fraction of sp³-hybridized carbons (Fsp3) is 0.133. The SMILES string of the molecule is O=C(Cl)COc1ccc(Cl)cc1Cc1ccccc1. The molecule has 2 nitrogen and oxygen atoms in total. The number of carbonyl (C=O) groups is 1. The summed E-state index contributed by atoms with van der Waals surface area (Å²) in [5.41, 5.74) is 2.07. The summed E-state index contributed by atoms with van der Waals surface area (Å²) in [7, 11) is 0. The minimum atomic E-state index is -0.527. The maximum absolute atomic E-state index is 10.8. The maximum atomic E-state index is 10.8. The summed E-state index contributed by atoms with van der Waals surface area (Å²) in [6.07, 6.45) is 0.688. The lowest BCUT2D eigenvalue weighted by atomic mass is 10.0. The van der Waals surface area contributed by atoms with Crippen molar-refractivity contribution in [2.75, 3.05) is 6.61 Å². The van der Waals surface area contributed by atoms with Gasteiger partial charge >= 0.3 is 0 Å². The van der Waals surface area contributed by atoms with E-state index in [1.165, 1.54) is 0 Å². The summed E-state index contributed by atoms with van der Waals surface area (Å²) in [6, 6.07) is 15.3. The van der Waals surface area contributed by atoms with Crippen molar-refractivity contribution in [3.8, 4) is 5.75 Å². The molecule has 0 radical (unpaired) electrons. The van der Waals surface area contributed by atoms with E-state index in [2.05, 4.69) is 0 Å². The van der Waals surface area contributed by atoms with Crippen LogP contribution in [0, 0.1) is 0 Å². The number of benzene rings is 2. The van der Waals surface area contributed by atoms with Gasteiger partial charge in [0.15, 0.2) is 6.61 Å². The van der Waals surface area contributed by atoms with E-state index in [0.717, 1.165) is 11.1 Å². The van der Waals surface area contributed by atoms with Gasteiger partial charge in [-0.25, -0.2) is 0 Å². The fourth-order valence-electron chi connectivity index (χ4n) is 1.78. The molecule has 0 unspecified atom stereocenters. The van der Waals surface area contributed by atoms with Crippen LogP contribution in [0.2, 0.25) is 5.02 Å². The van der Waals surface area contributed by atoms with Crippen LogP contribution in [0.5, 0.6) is 5.75 Å². The summed E-state index contributed by atoms with van der Waals surface area (Å²) in [4.78, 5) is 10.8.